The van der Waals surface area contributed by atoms with E-state index in [0.29, 0.717) is 0 Å². The SMILES string of the molecule is CC(=O)O.O.[AlH3].[H-].[H-].[H-].[H-].[Mg+2].[Mg+2]. The summed E-state index contributed by atoms with van der Waals surface area (Å²) in [6.45, 7) is 1.08. The van der Waals surface area contributed by atoms with Crippen molar-refractivity contribution in [2.75, 3.05) is 0 Å². The van der Waals surface area contributed by atoms with E-state index in [0.717, 1.165) is 6.92 Å². The van der Waals surface area contributed by atoms with Crippen LogP contribution in [0.15, 0.2) is 0 Å². The van der Waals surface area contributed by atoms with Gasteiger partial charge in [0.25, 0.3) is 5.97 Å². The molecular weight excluding hydrogens is 148 g/mol. The van der Waals surface area contributed by atoms with Crippen molar-refractivity contribution in [3.05, 3.63) is 0 Å². The predicted octanol–water partition coefficient (Wildman–Crippen LogP) is -2.23. The quantitative estimate of drug-likeness (QED) is 0.408. The summed E-state index contributed by atoms with van der Waals surface area (Å²) < 4.78 is 0. The van der Waals surface area contributed by atoms with E-state index in [1.54, 1.807) is 0 Å². The van der Waals surface area contributed by atoms with E-state index in [9.17, 15) is 0 Å². The zero-order valence-corrected chi connectivity index (χ0v) is 7.10. The standard InChI is InChI=1S/C2H4O2.Al.2Mg.H2O.7H/c1-2(3)4;;;;;;;;;;;/h1H3,(H,3,4);;;;1H2;;;;;;;/q;;2*+2;;;;;4*-1. The molecule has 0 saturated heterocycles. The first-order valence-corrected chi connectivity index (χ1v) is 0.928. The molecular formula is C2H13AlMg2O3. The molecule has 0 heterocycles. The van der Waals surface area contributed by atoms with Crippen LogP contribution < -0.4 is 0 Å². The molecule has 0 aliphatic heterocycles. The molecule has 0 unspecified atom stereocenters. The van der Waals surface area contributed by atoms with Crippen molar-refractivity contribution in [3.8, 4) is 0 Å². The molecule has 0 spiro atoms. The maximum atomic E-state index is 9.00. The van der Waals surface area contributed by atoms with E-state index in [1.807, 2.05) is 0 Å². The van der Waals surface area contributed by atoms with Gasteiger partial charge in [-0.2, -0.15) is 0 Å². The first-order valence-electron chi connectivity index (χ1n) is 0.928. The Balaban J connectivity index is -0.00000000161. The second kappa shape index (κ2) is 23.6. The normalized spacial score (nSPS) is 3.12. The van der Waals surface area contributed by atoms with Gasteiger partial charge in [-0.3, -0.25) is 4.79 Å². The average molecular weight is 161 g/mol. The number of carboxylic acids is 1. The smallest absolute Gasteiger partial charge is 1.00 e. The Morgan fingerprint density at radius 3 is 1.50 bits per heavy atom. The maximum Gasteiger partial charge on any atom is 2.00 e. The van der Waals surface area contributed by atoms with Gasteiger partial charge in [0.2, 0.25) is 0 Å². The zero-order chi connectivity index (χ0) is 3.58. The molecule has 8 heavy (non-hydrogen) atoms. The van der Waals surface area contributed by atoms with Crippen LogP contribution in [-0.4, -0.2) is 80.0 Å². The van der Waals surface area contributed by atoms with Gasteiger partial charge < -0.3 is 16.3 Å². The number of carbonyl (C=O) groups is 1. The molecule has 0 aliphatic rings. The Morgan fingerprint density at radius 1 is 1.50 bits per heavy atom. The second-order valence-electron chi connectivity index (χ2n) is 0.519. The van der Waals surface area contributed by atoms with Gasteiger partial charge in [-0.25, -0.2) is 0 Å². The first kappa shape index (κ1) is 33.9. The van der Waals surface area contributed by atoms with Crippen LogP contribution in [0.4, 0.5) is 0 Å². The molecule has 0 aromatic carbocycles. The molecule has 3 N–H and O–H groups in total. The van der Waals surface area contributed by atoms with Crippen molar-refractivity contribution >= 4 is 69.4 Å². The summed E-state index contributed by atoms with van der Waals surface area (Å²) in [6, 6.07) is 0. The molecule has 0 radical (unpaired) electrons. The Morgan fingerprint density at radius 2 is 1.50 bits per heavy atom. The molecule has 6 heteroatoms. The number of hydrogen-bond acceptors (Lipinski definition) is 1. The van der Waals surface area contributed by atoms with Gasteiger partial charge in [0.15, 0.2) is 17.4 Å². The maximum absolute atomic E-state index is 9.00. The minimum atomic E-state index is -0.833. The largest absolute Gasteiger partial charge is 2.00 e. The van der Waals surface area contributed by atoms with E-state index in [2.05, 4.69) is 0 Å². The van der Waals surface area contributed by atoms with Crippen molar-refractivity contribution in [2.45, 2.75) is 6.92 Å². The summed E-state index contributed by atoms with van der Waals surface area (Å²) in [5.74, 6) is -0.833. The molecule has 0 aromatic rings. The third-order valence-corrected chi connectivity index (χ3v) is 0. The van der Waals surface area contributed by atoms with Gasteiger partial charge in [-0.15, -0.1) is 0 Å². The predicted molar refractivity (Wildman–Crippen MR) is 42.8 cm³/mol. The van der Waals surface area contributed by atoms with Crippen LogP contribution in [0.1, 0.15) is 12.6 Å². The van der Waals surface area contributed by atoms with Crippen molar-refractivity contribution in [1.82, 2.24) is 0 Å². The Kier molecular flexibility index (Phi) is 100. The number of rotatable bonds is 0. The van der Waals surface area contributed by atoms with E-state index in [1.165, 1.54) is 0 Å². The van der Waals surface area contributed by atoms with Crippen LogP contribution >= 0.6 is 0 Å². The van der Waals surface area contributed by atoms with Crippen LogP contribution in [0.3, 0.4) is 0 Å². The van der Waals surface area contributed by atoms with Crippen LogP contribution in [0, 0.1) is 0 Å². The van der Waals surface area contributed by atoms with Crippen LogP contribution in [0.5, 0.6) is 0 Å². The van der Waals surface area contributed by atoms with Gasteiger partial charge in [-0.1, -0.05) is 0 Å². The summed E-state index contributed by atoms with van der Waals surface area (Å²) in [4.78, 5) is 9.00. The van der Waals surface area contributed by atoms with E-state index >= 15 is 0 Å². The fourth-order valence-electron chi connectivity index (χ4n) is 0. The molecule has 0 atom stereocenters. The van der Waals surface area contributed by atoms with Crippen molar-refractivity contribution in [3.63, 3.8) is 0 Å². The molecule has 0 amide bonds. The van der Waals surface area contributed by atoms with Gasteiger partial charge in [0.1, 0.15) is 0 Å². The summed E-state index contributed by atoms with van der Waals surface area (Å²) in [5.41, 5.74) is 0. The summed E-state index contributed by atoms with van der Waals surface area (Å²) >= 11 is 0. The van der Waals surface area contributed by atoms with E-state index in [-0.39, 0.29) is 74.6 Å². The van der Waals surface area contributed by atoms with Crippen molar-refractivity contribution < 1.29 is 21.1 Å². The Bertz CT molecular complexity index is 49.3. The second-order valence-corrected chi connectivity index (χ2v) is 0.519. The minimum absolute atomic E-state index is 0. The molecule has 46 valence electrons. The summed E-state index contributed by atoms with van der Waals surface area (Å²) in [6.07, 6.45) is 0. The third kappa shape index (κ3) is 141. The van der Waals surface area contributed by atoms with Gasteiger partial charge >= 0.3 is 46.1 Å². The van der Waals surface area contributed by atoms with Crippen LogP contribution in [-0.2, 0) is 4.79 Å². The topological polar surface area (TPSA) is 68.8 Å². The number of hydrogen-bond donors (Lipinski definition) is 1. The summed E-state index contributed by atoms with van der Waals surface area (Å²) in [5, 5.41) is 7.42. The number of aliphatic carboxylic acids is 1. The molecule has 0 fully saturated rings. The average Bonchev–Trinajstić information content (AvgIpc) is 0.811. The minimum Gasteiger partial charge on any atom is -1.00 e. The fraction of sp³-hybridized carbons (Fsp3) is 0.500. The van der Waals surface area contributed by atoms with E-state index < -0.39 is 5.97 Å². The van der Waals surface area contributed by atoms with Crippen LogP contribution in [0.2, 0.25) is 0 Å². The monoisotopic (exact) mass is 160 g/mol. The first-order chi connectivity index (χ1) is 1.73. The molecule has 0 bridgehead atoms. The molecule has 0 aromatic heterocycles. The Labute approximate surface area is 96.9 Å². The fourth-order valence-corrected chi connectivity index (χ4v) is 0. The zero-order valence-electron chi connectivity index (χ0n) is 8.27. The van der Waals surface area contributed by atoms with Gasteiger partial charge in [-0.05, 0) is 0 Å². The number of carboxylic acid groups (broad SMARTS) is 1. The molecule has 0 aliphatic carbocycles. The van der Waals surface area contributed by atoms with Crippen molar-refractivity contribution in [1.29, 1.82) is 0 Å². The van der Waals surface area contributed by atoms with Crippen LogP contribution in [0.25, 0.3) is 0 Å². The van der Waals surface area contributed by atoms with Gasteiger partial charge in [0, 0.05) is 6.92 Å². The van der Waals surface area contributed by atoms with Crippen molar-refractivity contribution in [2.24, 2.45) is 0 Å². The van der Waals surface area contributed by atoms with E-state index in [4.69, 9.17) is 9.90 Å². The Hall–Kier alpha value is 1.49. The third-order valence-electron chi connectivity index (χ3n) is 0. The molecule has 3 nitrogen and oxygen atoms in total. The molecule has 0 saturated carbocycles. The molecule has 0 rings (SSSR count). The summed E-state index contributed by atoms with van der Waals surface area (Å²) in [7, 11) is 0. The van der Waals surface area contributed by atoms with Gasteiger partial charge in [0.05, 0.1) is 0 Å².